The molecule has 0 radical (unpaired) electrons. The Labute approximate surface area is 183 Å². The van der Waals surface area contributed by atoms with Crippen LogP contribution in [0, 0.1) is 5.92 Å². The van der Waals surface area contributed by atoms with Gasteiger partial charge in [-0.2, -0.15) is 0 Å². The van der Waals surface area contributed by atoms with Gasteiger partial charge in [0.25, 0.3) is 0 Å². The number of Topliss-reactive ketones (excluding diaryl/α,β-unsaturated/α-hetero) is 1. The van der Waals surface area contributed by atoms with E-state index in [0.717, 1.165) is 11.1 Å². The van der Waals surface area contributed by atoms with E-state index in [2.05, 4.69) is 0 Å². The molecule has 0 aromatic heterocycles. The van der Waals surface area contributed by atoms with E-state index >= 15 is 0 Å². The minimum absolute atomic E-state index is 0.0758. The van der Waals surface area contributed by atoms with Crippen molar-refractivity contribution in [3.05, 3.63) is 74.4 Å². The number of hydrogen-bond acceptors (Lipinski definition) is 4. The molecule has 0 saturated heterocycles. The van der Waals surface area contributed by atoms with Gasteiger partial charge in [-0.3, -0.25) is 9.59 Å². The molecule has 6 heteroatoms. The van der Waals surface area contributed by atoms with Crippen LogP contribution in [0.4, 0.5) is 0 Å². The van der Waals surface area contributed by atoms with Gasteiger partial charge in [-0.15, -0.1) is 0 Å². The third-order valence-corrected chi connectivity index (χ3v) is 5.53. The second-order valence-corrected chi connectivity index (χ2v) is 8.47. The number of halogens is 2. The third kappa shape index (κ3) is 3.69. The van der Waals surface area contributed by atoms with E-state index in [-0.39, 0.29) is 32.9 Å². The zero-order chi connectivity index (χ0) is 21.6. The van der Waals surface area contributed by atoms with Gasteiger partial charge in [-0.1, -0.05) is 61.3 Å². The summed E-state index contributed by atoms with van der Waals surface area (Å²) in [5, 5.41) is 10.9. The molecule has 1 N–H and O–H groups in total. The van der Waals surface area contributed by atoms with Crippen molar-refractivity contribution in [1.29, 1.82) is 0 Å². The summed E-state index contributed by atoms with van der Waals surface area (Å²) in [6.07, 6.45) is 0.478. The fraction of sp³-hybridized carbons (Fsp3) is 0.167. The maximum absolute atomic E-state index is 12.4. The van der Waals surface area contributed by atoms with Crippen LogP contribution in [0.15, 0.2) is 57.7 Å². The van der Waals surface area contributed by atoms with Crippen LogP contribution in [0.2, 0.25) is 10.0 Å². The zero-order valence-corrected chi connectivity index (χ0v) is 17.8. The maximum Gasteiger partial charge on any atom is 0.200 e. The number of ketones is 1. The summed E-state index contributed by atoms with van der Waals surface area (Å²) in [5.74, 6) is 0.582. The molecule has 0 atom stereocenters. The second-order valence-electron chi connectivity index (χ2n) is 7.65. The molecule has 152 valence electrons. The fourth-order valence-corrected chi connectivity index (χ4v) is 3.85. The van der Waals surface area contributed by atoms with Gasteiger partial charge in [-0.25, -0.2) is 0 Å². The number of carbonyl (C=O) groups excluding carboxylic acids is 1. The molecule has 4 nitrogen and oxygen atoms in total. The average Bonchev–Trinajstić information content (AvgIpc) is 2.68. The van der Waals surface area contributed by atoms with E-state index in [1.165, 1.54) is 12.1 Å². The van der Waals surface area contributed by atoms with Crippen LogP contribution in [0.1, 0.15) is 30.6 Å². The normalized spacial score (nSPS) is 11.5. The van der Waals surface area contributed by atoms with Crippen molar-refractivity contribution in [3.63, 3.8) is 0 Å². The first-order chi connectivity index (χ1) is 14.2. The van der Waals surface area contributed by atoms with Gasteiger partial charge in [-0.05, 0) is 23.6 Å². The summed E-state index contributed by atoms with van der Waals surface area (Å²) in [4.78, 5) is 24.4. The van der Waals surface area contributed by atoms with Crippen molar-refractivity contribution in [2.24, 2.45) is 5.92 Å². The average molecular weight is 441 g/mol. The predicted octanol–water partition coefficient (Wildman–Crippen LogP) is 6.81. The van der Waals surface area contributed by atoms with Crippen molar-refractivity contribution in [2.75, 3.05) is 0 Å². The van der Waals surface area contributed by atoms with Crippen LogP contribution in [-0.2, 0) is 0 Å². The Balaban J connectivity index is 1.98. The van der Waals surface area contributed by atoms with Gasteiger partial charge in [0.2, 0.25) is 5.43 Å². The van der Waals surface area contributed by atoms with Gasteiger partial charge in [0.1, 0.15) is 17.1 Å². The molecule has 4 rings (SSSR count). The van der Waals surface area contributed by atoms with Crippen molar-refractivity contribution in [3.8, 4) is 28.2 Å². The lowest BCUT2D eigenvalue weighted by Gasteiger charge is -2.16. The number of phenolic OH excluding ortho intramolecular Hbond substituents is 1. The van der Waals surface area contributed by atoms with Crippen LogP contribution in [0.5, 0.6) is 5.75 Å². The molecule has 0 saturated carbocycles. The fourth-order valence-electron chi connectivity index (χ4n) is 3.52. The number of aromatic hydroxyl groups is 1. The number of fused-ring (bicyclic) bond motifs is 2. The van der Waals surface area contributed by atoms with Gasteiger partial charge in [0, 0.05) is 40.6 Å². The van der Waals surface area contributed by atoms with Crippen molar-refractivity contribution in [1.82, 2.24) is 0 Å². The monoisotopic (exact) mass is 440 g/mol. The van der Waals surface area contributed by atoms with Crippen LogP contribution >= 0.6 is 23.2 Å². The van der Waals surface area contributed by atoms with Gasteiger partial charge in [0.05, 0.1) is 10.0 Å². The van der Waals surface area contributed by atoms with Crippen molar-refractivity contribution in [2.45, 2.75) is 20.3 Å². The lowest BCUT2D eigenvalue weighted by molar-refractivity contribution is 0.0968. The second kappa shape index (κ2) is 7.78. The van der Waals surface area contributed by atoms with Crippen molar-refractivity contribution >= 4 is 40.0 Å². The minimum atomic E-state index is -0.356. The van der Waals surface area contributed by atoms with Crippen molar-refractivity contribution < 1.29 is 14.3 Å². The SMILES string of the molecule is CC(C)CC(=O)c1ccc(-c2c3cc(Cl)c(=O)cc-3oc3cc(O)c(Cl)cc23)cc1. The number of carbonyl (C=O) groups is 1. The first-order valence-electron chi connectivity index (χ1n) is 9.47. The van der Waals surface area contributed by atoms with E-state index in [0.29, 0.717) is 34.3 Å². The largest absolute Gasteiger partial charge is 0.506 e. The van der Waals surface area contributed by atoms with Gasteiger partial charge >= 0.3 is 0 Å². The van der Waals surface area contributed by atoms with E-state index in [4.69, 9.17) is 27.6 Å². The summed E-state index contributed by atoms with van der Waals surface area (Å²) in [6, 6.07) is 13.2. The zero-order valence-electron chi connectivity index (χ0n) is 16.3. The molecule has 0 bridgehead atoms. The maximum atomic E-state index is 12.4. The summed E-state index contributed by atoms with van der Waals surface area (Å²) in [7, 11) is 0. The molecule has 0 spiro atoms. The Morgan fingerprint density at radius 3 is 2.40 bits per heavy atom. The number of benzene rings is 3. The Hall–Kier alpha value is -2.82. The van der Waals surface area contributed by atoms with E-state index in [1.807, 2.05) is 26.0 Å². The molecular formula is C24H18Cl2O4. The van der Waals surface area contributed by atoms with E-state index in [1.54, 1.807) is 24.3 Å². The standard InChI is InChI=1S/C24H18Cl2O4/c1-12(2)7-19(27)13-3-5-14(6-4-13)24-15-8-17(25)20(28)10-22(15)30-23-11-21(29)18(26)9-16(23)24/h3-6,8-12,28H,7H2,1-2H3. The number of hydrogen-bond donors (Lipinski definition) is 1. The Kier molecular flexibility index (Phi) is 5.31. The Morgan fingerprint density at radius 2 is 1.73 bits per heavy atom. The highest BCUT2D eigenvalue weighted by Gasteiger charge is 2.20. The van der Waals surface area contributed by atoms with Gasteiger partial charge < -0.3 is 9.52 Å². The highest BCUT2D eigenvalue weighted by Crippen LogP contribution is 2.43. The smallest absolute Gasteiger partial charge is 0.200 e. The molecule has 2 aromatic rings. The number of rotatable bonds is 4. The molecule has 0 amide bonds. The van der Waals surface area contributed by atoms with Crippen LogP contribution < -0.4 is 5.43 Å². The Bertz CT molecular complexity index is 1300. The summed E-state index contributed by atoms with van der Waals surface area (Å²) in [5.41, 5.74) is 2.84. The summed E-state index contributed by atoms with van der Waals surface area (Å²) < 4.78 is 5.85. The molecule has 1 heterocycles. The minimum Gasteiger partial charge on any atom is -0.506 e. The van der Waals surface area contributed by atoms with E-state index < -0.39 is 0 Å². The Morgan fingerprint density at radius 1 is 1.03 bits per heavy atom. The van der Waals surface area contributed by atoms with E-state index in [9.17, 15) is 14.7 Å². The predicted molar refractivity (Wildman–Crippen MR) is 120 cm³/mol. The van der Waals surface area contributed by atoms with Crippen LogP contribution in [-0.4, -0.2) is 10.9 Å². The molecule has 1 aliphatic carbocycles. The highest BCUT2D eigenvalue weighted by molar-refractivity contribution is 6.33. The third-order valence-electron chi connectivity index (χ3n) is 4.93. The van der Waals surface area contributed by atoms with Gasteiger partial charge in [0.15, 0.2) is 5.78 Å². The molecule has 1 aliphatic heterocycles. The first-order valence-corrected chi connectivity index (χ1v) is 10.2. The topological polar surface area (TPSA) is 67.5 Å². The van der Waals surface area contributed by atoms with Crippen LogP contribution in [0.3, 0.4) is 0 Å². The highest BCUT2D eigenvalue weighted by atomic mass is 35.5. The molecule has 0 unspecified atom stereocenters. The lowest BCUT2D eigenvalue weighted by Crippen LogP contribution is -2.04. The number of phenols is 1. The van der Waals surface area contributed by atoms with Crippen LogP contribution in [0.25, 0.3) is 33.4 Å². The molecule has 30 heavy (non-hydrogen) atoms. The molecule has 2 aromatic carbocycles. The molecule has 2 aliphatic rings. The lowest BCUT2D eigenvalue weighted by atomic mass is 9.92. The summed E-state index contributed by atoms with van der Waals surface area (Å²) >= 11 is 12.3. The molecule has 0 fully saturated rings. The first kappa shape index (κ1) is 20.5. The molecular weight excluding hydrogens is 423 g/mol. The summed E-state index contributed by atoms with van der Waals surface area (Å²) in [6.45, 7) is 4.01. The quantitative estimate of drug-likeness (QED) is 0.279.